The molecule has 0 spiro atoms. The molecule has 0 atom stereocenters. The number of carbonyl (C=O) groups is 2. The Labute approximate surface area is 168 Å². The number of fused-ring (bicyclic) bond motifs is 2. The second kappa shape index (κ2) is 7.60. The lowest BCUT2D eigenvalue weighted by molar-refractivity contribution is -0.118. The Morgan fingerprint density at radius 1 is 1.14 bits per heavy atom. The molecule has 2 aromatic rings. The van der Waals surface area contributed by atoms with Crippen LogP contribution in [-0.4, -0.2) is 38.3 Å². The number of sulfone groups is 1. The molecule has 0 radical (unpaired) electrons. The van der Waals surface area contributed by atoms with Crippen LogP contribution >= 0.6 is 11.8 Å². The minimum absolute atomic E-state index is 0.0745. The summed E-state index contributed by atoms with van der Waals surface area (Å²) < 4.78 is 25.5. The summed E-state index contributed by atoms with van der Waals surface area (Å²) in [6, 6.07) is 12.5. The Balaban J connectivity index is 1.48. The first kappa shape index (κ1) is 19.0. The van der Waals surface area contributed by atoms with Crippen molar-refractivity contribution in [3.8, 4) is 0 Å². The van der Waals surface area contributed by atoms with E-state index in [-0.39, 0.29) is 28.9 Å². The van der Waals surface area contributed by atoms with E-state index < -0.39 is 9.84 Å². The molecule has 8 heteroatoms. The number of nitrogens with one attached hydrogen (secondary N) is 1. The molecule has 6 nitrogen and oxygen atoms in total. The third-order valence-corrected chi connectivity index (χ3v) is 7.73. The van der Waals surface area contributed by atoms with Gasteiger partial charge in [0.2, 0.25) is 11.8 Å². The Kier molecular flexibility index (Phi) is 5.16. The predicted molar refractivity (Wildman–Crippen MR) is 110 cm³/mol. The molecule has 0 saturated carbocycles. The zero-order chi connectivity index (χ0) is 19.7. The largest absolute Gasteiger partial charge is 0.325 e. The van der Waals surface area contributed by atoms with Crippen LogP contribution in [-0.2, 0) is 25.8 Å². The van der Waals surface area contributed by atoms with Gasteiger partial charge in [-0.25, -0.2) is 8.42 Å². The minimum Gasteiger partial charge on any atom is -0.325 e. The quantitative estimate of drug-likeness (QED) is 0.829. The number of hydrogen-bond acceptors (Lipinski definition) is 5. The Morgan fingerprint density at radius 3 is 2.82 bits per heavy atom. The van der Waals surface area contributed by atoms with Gasteiger partial charge < -0.3 is 10.2 Å². The monoisotopic (exact) mass is 416 g/mol. The van der Waals surface area contributed by atoms with Crippen LogP contribution in [0.25, 0.3) is 0 Å². The fraction of sp³-hybridized carbons (Fsp3) is 0.300. The first-order chi connectivity index (χ1) is 13.4. The minimum atomic E-state index is -3.63. The fourth-order valence-electron chi connectivity index (χ4n) is 3.46. The number of benzene rings is 2. The predicted octanol–water partition coefficient (Wildman–Crippen LogP) is 2.87. The van der Waals surface area contributed by atoms with Gasteiger partial charge in [0.25, 0.3) is 0 Å². The van der Waals surface area contributed by atoms with Gasteiger partial charge in [-0.3, -0.25) is 9.59 Å². The topological polar surface area (TPSA) is 83.5 Å². The van der Waals surface area contributed by atoms with Crippen molar-refractivity contribution in [2.24, 2.45) is 0 Å². The average Bonchev–Trinajstić information content (AvgIpc) is 3.02. The third-order valence-electron chi connectivity index (χ3n) is 4.94. The van der Waals surface area contributed by atoms with Gasteiger partial charge in [0.15, 0.2) is 9.84 Å². The molecule has 0 fully saturated rings. The van der Waals surface area contributed by atoms with Crippen molar-refractivity contribution in [1.29, 1.82) is 0 Å². The van der Waals surface area contributed by atoms with Crippen molar-refractivity contribution in [2.45, 2.75) is 29.1 Å². The SMILES string of the molecule is O=C1CCSc2ccc(S(=O)(=O)CCC(=O)N3CCc4ccccc43)cc2N1. The van der Waals surface area contributed by atoms with Crippen LogP contribution in [0.1, 0.15) is 18.4 Å². The number of amides is 2. The molecule has 2 aliphatic heterocycles. The maximum Gasteiger partial charge on any atom is 0.228 e. The summed E-state index contributed by atoms with van der Waals surface area (Å²) >= 11 is 1.52. The number of hydrogen-bond donors (Lipinski definition) is 1. The van der Waals surface area contributed by atoms with Crippen LogP contribution in [0.5, 0.6) is 0 Å². The molecule has 0 bridgehead atoms. The van der Waals surface area contributed by atoms with Crippen LogP contribution in [0.2, 0.25) is 0 Å². The van der Waals surface area contributed by atoms with E-state index in [9.17, 15) is 18.0 Å². The van der Waals surface area contributed by atoms with Gasteiger partial charge >= 0.3 is 0 Å². The summed E-state index contributed by atoms with van der Waals surface area (Å²) in [5.74, 6) is 0.0945. The highest BCUT2D eigenvalue weighted by Crippen LogP contribution is 2.33. The maximum absolute atomic E-state index is 12.8. The van der Waals surface area contributed by atoms with Crippen molar-refractivity contribution >= 4 is 44.8 Å². The number of nitrogens with zero attached hydrogens (tertiary/aromatic N) is 1. The van der Waals surface area contributed by atoms with E-state index in [0.717, 1.165) is 22.6 Å². The first-order valence-corrected chi connectivity index (χ1v) is 11.8. The van der Waals surface area contributed by atoms with Crippen LogP contribution < -0.4 is 10.2 Å². The molecule has 0 aromatic heterocycles. The van der Waals surface area contributed by atoms with E-state index in [1.54, 1.807) is 17.0 Å². The molecule has 146 valence electrons. The van der Waals surface area contributed by atoms with Crippen LogP contribution in [0.15, 0.2) is 52.3 Å². The van der Waals surface area contributed by atoms with Crippen molar-refractivity contribution < 1.29 is 18.0 Å². The first-order valence-electron chi connectivity index (χ1n) is 9.12. The molecular formula is C20H20N2O4S2. The second-order valence-corrected chi connectivity index (χ2v) is 10.0. The highest BCUT2D eigenvalue weighted by atomic mass is 32.2. The molecule has 0 unspecified atom stereocenters. The highest BCUT2D eigenvalue weighted by Gasteiger charge is 2.26. The number of rotatable bonds is 4. The van der Waals surface area contributed by atoms with E-state index in [0.29, 0.717) is 24.4 Å². The zero-order valence-electron chi connectivity index (χ0n) is 15.2. The van der Waals surface area contributed by atoms with Crippen molar-refractivity contribution in [3.05, 3.63) is 48.0 Å². The van der Waals surface area contributed by atoms with Crippen molar-refractivity contribution in [3.63, 3.8) is 0 Å². The van der Waals surface area contributed by atoms with Gasteiger partial charge in [-0.15, -0.1) is 11.8 Å². The summed E-state index contributed by atoms with van der Waals surface area (Å²) in [6.45, 7) is 0.584. The summed E-state index contributed by atoms with van der Waals surface area (Å²) in [6.07, 6.45) is 1.11. The highest BCUT2D eigenvalue weighted by molar-refractivity contribution is 7.99. The molecule has 2 heterocycles. The number of anilines is 2. The Morgan fingerprint density at radius 2 is 1.96 bits per heavy atom. The van der Waals surface area contributed by atoms with Gasteiger partial charge in [0, 0.05) is 35.7 Å². The Bertz CT molecular complexity index is 1050. The van der Waals surface area contributed by atoms with Gasteiger partial charge in [-0.2, -0.15) is 0 Å². The molecule has 1 N–H and O–H groups in total. The lowest BCUT2D eigenvalue weighted by Gasteiger charge is -2.17. The number of carbonyl (C=O) groups excluding carboxylic acids is 2. The molecule has 4 rings (SSSR count). The van der Waals surface area contributed by atoms with Gasteiger partial charge in [-0.05, 0) is 36.2 Å². The van der Waals surface area contributed by atoms with E-state index in [4.69, 9.17) is 0 Å². The van der Waals surface area contributed by atoms with Gasteiger partial charge in [0.05, 0.1) is 16.3 Å². The standard InChI is InChI=1S/C20H20N2O4S2/c23-19-8-11-27-18-6-5-15(13-16(18)21-19)28(25,26)12-9-20(24)22-10-7-14-3-1-2-4-17(14)22/h1-6,13H,7-12H2,(H,21,23). The van der Waals surface area contributed by atoms with Crippen LogP contribution in [0.3, 0.4) is 0 Å². The maximum atomic E-state index is 12.8. The van der Waals surface area contributed by atoms with E-state index in [2.05, 4.69) is 5.32 Å². The van der Waals surface area contributed by atoms with E-state index in [1.165, 1.54) is 17.8 Å². The van der Waals surface area contributed by atoms with E-state index in [1.807, 2.05) is 24.3 Å². The van der Waals surface area contributed by atoms with Gasteiger partial charge in [-0.1, -0.05) is 18.2 Å². The smallest absolute Gasteiger partial charge is 0.228 e. The number of thioether (sulfide) groups is 1. The summed E-state index contributed by atoms with van der Waals surface area (Å²) in [5, 5.41) is 2.76. The summed E-state index contributed by atoms with van der Waals surface area (Å²) in [7, 11) is -3.63. The summed E-state index contributed by atoms with van der Waals surface area (Å²) in [4.78, 5) is 27.0. The third kappa shape index (κ3) is 3.79. The van der Waals surface area contributed by atoms with Crippen molar-refractivity contribution in [2.75, 3.05) is 28.3 Å². The summed E-state index contributed by atoms with van der Waals surface area (Å²) in [5.41, 5.74) is 2.50. The lowest BCUT2D eigenvalue weighted by atomic mass is 10.2. The van der Waals surface area contributed by atoms with Crippen LogP contribution in [0.4, 0.5) is 11.4 Å². The molecule has 0 saturated heterocycles. The van der Waals surface area contributed by atoms with Crippen LogP contribution in [0, 0.1) is 0 Å². The normalized spacial score (nSPS) is 16.1. The Hall–Kier alpha value is -2.32. The molecule has 28 heavy (non-hydrogen) atoms. The second-order valence-electron chi connectivity index (χ2n) is 6.80. The number of para-hydroxylation sites is 1. The molecule has 0 aliphatic carbocycles. The zero-order valence-corrected chi connectivity index (χ0v) is 16.8. The average molecular weight is 417 g/mol. The fourth-order valence-corrected chi connectivity index (χ4v) is 5.65. The van der Waals surface area contributed by atoms with E-state index >= 15 is 0 Å². The molecule has 2 amide bonds. The lowest BCUT2D eigenvalue weighted by Crippen LogP contribution is -2.30. The van der Waals surface area contributed by atoms with Crippen molar-refractivity contribution in [1.82, 2.24) is 0 Å². The molecular weight excluding hydrogens is 396 g/mol. The molecule has 2 aliphatic rings. The molecule has 2 aromatic carbocycles. The van der Waals surface area contributed by atoms with Gasteiger partial charge in [0.1, 0.15) is 0 Å².